The Kier molecular flexibility index (Phi) is 5.99. The molecule has 0 unspecified atom stereocenters. The van der Waals surface area contributed by atoms with Crippen molar-refractivity contribution < 1.29 is 9.21 Å². The Morgan fingerprint density at radius 3 is 2.70 bits per heavy atom. The number of halogens is 1. The first-order chi connectivity index (χ1) is 12.7. The highest BCUT2D eigenvalue weighted by Gasteiger charge is 2.36. The van der Waals surface area contributed by atoms with Gasteiger partial charge in [-0.15, -0.1) is 23.7 Å². The van der Waals surface area contributed by atoms with E-state index in [4.69, 9.17) is 10.2 Å². The number of aryl methyl sites for hydroxylation is 1. The van der Waals surface area contributed by atoms with Crippen molar-refractivity contribution in [2.75, 3.05) is 19.6 Å². The van der Waals surface area contributed by atoms with Gasteiger partial charge in [0, 0.05) is 24.4 Å². The Bertz CT molecular complexity index is 909. The van der Waals surface area contributed by atoms with E-state index in [0.29, 0.717) is 31.1 Å². The summed E-state index contributed by atoms with van der Waals surface area (Å²) in [6.45, 7) is 3.81. The van der Waals surface area contributed by atoms with Gasteiger partial charge in [-0.1, -0.05) is 30.3 Å². The van der Waals surface area contributed by atoms with Crippen molar-refractivity contribution in [1.82, 2.24) is 9.88 Å². The molecule has 1 aromatic carbocycles. The first-order valence-corrected chi connectivity index (χ1v) is 9.60. The third-order valence-electron chi connectivity index (χ3n) is 4.93. The van der Waals surface area contributed by atoms with Crippen LogP contribution in [0.15, 0.2) is 52.3 Å². The van der Waals surface area contributed by atoms with Crippen LogP contribution in [-0.2, 0) is 0 Å². The number of hydrogen-bond donors (Lipinski definition) is 1. The van der Waals surface area contributed by atoms with Crippen LogP contribution < -0.4 is 5.73 Å². The molecule has 1 amide bonds. The van der Waals surface area contributed by atoms with Crippen LogP contribution >= 0.6 is 23.7 Å². The smallest absolute Gasteiger partial charge is 0.273 e. The van der Waals surface area contributed by atoms with Crippen molar-refractivity contribution in [3.05, 3.63) is 64.9 Å². The molecule has 0 radical (unpaired) electrons. The average Bonchev–Trinajstić information content (AvgIpc) is 3.40. The Hall–Kier alpha value is -2.15. The number of carbonyl (C=O) groups is 1. The predicted octanol–water partition coefficient (Wildman–Crippen LogP) is 3.95. The standard InChI is InChI=1S/C20H21N3O2S.ClH/c1-13-7-8-18(25-13)19-22-17(12-26-19)20(24)23-10-15(9-21)16(11-23)14-5-3-2-4-6-14;/h2-8,12,15-16H,9-11,21H2,1H3;1H/t15-,16+;/m1./s1. The summed E-state index contributed by atoms with van der Waals surface area (Å²) in [6, 6.07) is 14.1. The second-order valence-corrected chi connectivity index (χ2v) is 7.53. The van der Waals surface area contributed by atoms with E-state index in [2.05, 4.69) is 17.1 Å². The molecule has 2 aromatic heterocycles. The lowest BCUT2D eigenvalue weighted by atomic mass is 9.89. The van der Waals surface area contributed by atoms with Crippen LogP contribution in [0.3, 0.4) is 0 Å². The maximum atomic E-state index is 12.9. The zero-order valence-corrected chi connectivity index (χ0v) is 16.6. The van der Waals surface area contributed by atoms with Crippen LogP contribution in [0.5, 0.6) is 0 Å². The fourth-order valence-corrected chi connectivity index (χ4v) is 4.30. The van der Waals surface area contributed by atoms with Crippen molar-refractivity contribution in [2.24, 2.45) is 11.7 Å². The average molecular weight is 404 g/mol. The van der Waals surface area contributed by atoms with Gasteiger partial charge in [0.1, 0.15) is 11.5 Å². The molecule has 0 aliphatic carbocycles. The fourth-order valence-electron chi connectivity index (χ4n) is 3.55. The first kappa shape index (κ1) is 19.6. The van der Waals surface area contributed by atoms with E-state index in [9.17, 15) is 4.79 Å². The second kappa shape index (κ2) is 8.25. The minimum Gasteiger partial charge on any atom is -0.459 e. The van der Waals surface area contributed by atoms with Crippen LogP contribution in [0, 0.1) is 12.8 Å². The summed E-state index contributed by atoms with van der Waals surface area (Å²) >= 11 is 1.43. The molecule has 7 heteroatoms. The minimum absolute atomic E-state index is 0. The SMILES string of the molecule is Cc1ccc(-c2nc(C(=O)N3C[C@@H](CN)[C@H](c4ccccc4)C3)cs2)o1.Cl. The largest absolute Gasteiger partial charge is 0.459 e. The topological polar surface area (TPSA) is 72.4 Å². The molecule has 5 nitrogen and oxygen atoms in total. The summed E-state index contributed by atoms with van der Waals surface area (Å²) in [5.41, 5.74) is 7.70. The fraction of sp³-hybridized carbons (Fsp3) is 0.300. The van der Waals surface area contributed by atoms with Crippen LogP contribution in [0.25, 0.3) is 10.8 Å². The third-order valence-corrected chi connectivity index (χ3v) is 5.79. The lowest BCUT2D eigenvalue weighted by molar-refractivity contribution is 0.0781. The Morgan fingerprint density at radius 2 is 2.04 bits per heavy atom. The van der Waals surface area contributed by atoms with Crippen LogP contribution in [0.4, 0.5) is 0 Å². The number of carbonyl (C=O) groups excluding carboxylic acids is 1. The summed E-state index contributed by atoms with van der Waals surface area (Å²) in [5, 5.41) is 2.54. The molecule has 1 aliphatic rings. The van der Waals surface area contributed by atoms with Crippen molar-refractivity contribution in [3.63, 3.8) is 0 Å². The van der Waals surface area contributed by atoms with E-state index in [1.807, 2.05) is 47.5 Å². The number of aromatic nitrogens is 1. The summed E-state index contributed by atoms with van der Waals surface area (Å²) in [5.74, 6) is 2.05. The van der Waals surface area contributed by atoms with Crippen LogP contribution in [0.2, 0.25) is 0 Å². The molecule has 3 heterocycles. The summed E-state index contributed by atoms with van der Waals surface area (Å²) in [7, 11) is 0. The molecule has 1 saturated heterocycles. The van der Waals surface area contributed by atoms with Crippen molar-refractivity contribution in [3.8, 4) is 10.8 Å². The molecule has 0 saturated carbocycles. The van der Waals surface area contributed by atoms with Gasteiger partial charge in [0.25, 0.3) is 5.91 Å². The Morgan fingerprint density at radius 1 is 1.26 bits per heavy atom. The highest BCUT2D eigenvalue weighted by atomic mass is 35.5. The monoisotopic (exact) mass is 403 g/mol. The zero-order valence-electron chi connectivity index (χ0n) is 15.0. The van der Waals surface area contributed by atoms with E-state index < -0.39 is 0 Å². The van der Waals surface area contributed by atoms with Gasteiger partial charge in [0.2, 0.25) is 0 Å². The molecule has 4 rings (SSSR count). The molecule has 1 aliphatic heterocycles. The molecule has 3 aromatic rings. The Labute approximate surface area is 168 Å². The maximum absolute atomic E-state index is 12.9. The van der Waals surface area contributed by atoms with Gasteiger partial charge in [0.05, 0.1) is 0 Å². The predicted molar refractivity (Wildman–Crippen MR) is 109 cm³/mol. The van der Waals surface area contributed by atoms with Crippen LogP contribution in [-0.4, -0.2) is 35.4 Å². The van der Waals surface area contributed by atoms with E-state index in [1.165, 1.54) is 16.9 Å². The number of nitrogens with zero attached hydrogens (tertiary/aromatic N) is 2. The summed E-state index contributed by atoms with van der Waals surface area (Å²) in [4.78, 5) is 19.3. The molecular formula is C20H22ClN3O2S. The lowest BCUT2D eigenvalue weighted by Gasteiger charge is -2.16. The van der Waals surface area contributed by atoms with Gasteiger partial charge in [-0.25, -0.2) is 4.98 Å². The number of likely N-dealkylation sites (tertiary alicyclic amines) is 1. The van der Waals surface area contributed by atoms with Gasteiger partial charge in [-0.3, -0.25) is 4.79 Å². The van der Waals surface area contributed by atoms with Gasteiger partial charge < -0.3 is 15.1 Å². The van der Waals surface area contributed by atoms with E-state index >= 15 is 0 Å². The Balaban J connectivity index is 0.00000210. The highest BCUT2D eigenvalue weighted by Crippen LogP contribution is 2.33. The van der Waals surface area contributed by atoms with E-state index in [0.717, 1.165) is 10.8 Å². The van der Waals surface area contributed by atoms with Crippen molar-refractivity contribution in [2.45, 2.75) is 12.8 Å². The normalized spacial score (nSPS) is 19.1. The van der Waals surface area contributed by atoms with E-state index in [-0.39, 0.29) is 30.2 Å². The van der Waals surface area contributed by atoms with Gasteiger partial charge in [-0.05, 0) is 37.1 Å². The number of thiazole rings is 1. The van der Waals surface area contributed by atoms with Gasteiger partial charge in [0.15, 0.2) is 10.8 Å². The van der Waals surface area contributed by atoms with Gasteiger partial charge in [-0.2, -0.15) is 0 Å². The molecule has 2 N–H and O–H groups in total. The number of furan rings is 1. The van der Waals surface area contributed by atoms with Crippen LogP contribution in [0.1, 0.15) is 27.7 Å². The number of nitrogens with two attached hydrogens (primary N) is 1. The van der Waals surface area contributed by atoms with Gasteiger partial charge >= 0.3 is 0 Å². The summed E-state index contributed by atoms with van der Waals surface area (Å²) < 4.78 is 5.60. The zero-order chi connectivity index (χ0) is 18.1. The number of amides is 1. The summed E-state index contributed by atoms with van der Waals surface area (Å²) in [6.07, 6.45) is 0. The molecule has 1 fully saturated rings. The second-order valence-electron chi connectivity index (χ2n) is 6.67. The molecule has 27 heavy (non-hydrogen) atoms. The molecular weight excluding hydrogens is 382 g/mol. The van der Waals surface area contributed by atoms with E-state index in [1.54, 1.807) is 0 Å². The minimum atomic E-state index is -0.0346. The van der Waals surface area contributed by atoms with Crippen molar-refractivity contribution in [1.29, 1.82) is 0 Å². The molecule has 2 atom stereocenters. The first-order valence-electron chi connectivity index (χ1n) is 8.72. The number of hydrogen-bond acceptors (Lipinski definition) is 5. The van der Waals surface area contributed by atoms with Crippen molar-refractivity contribution >= 4 is 29.7 Å². The number of rotatable bonds is 4. The lowest BCUT2D eigenvalue weighted by Crippen LogP contribution is -2.30. The molecule has 0 bridgehead atoms. The molecule has 0 spiro atoms. The maximum Gasteiger partial charge on any atom is 0.273 e. The highest BCUT2D eigenvalue weighted by molar-refractivity contribution is 7.13. The third kappa shape index (κ3) is 3.93. The molecule has 142 valence electrons. The number of benzene rings is 1. The quantitative estimate of drug-likeness (QED) is 0.715.